The zero-order chi connectivity index (χ0) is 60.1. The zero-order valence-corrected chi connectivity index (χ0v) is 48.2. The highest BCUT2D eigenvalue weighted by Crippen LogP contribution is 2.62. The van der Waals surface area contributed by atoms with Gasteiger partial charge in [-0.2, -0.15) is 0 Å². The van der Waals surface area contributed by atoms with Crippen LogP contribution in [0.5, 0.6) is 23.0 Å². The van der Waals surface area contributed by atoms with Gasteiger partial charge in [-0.3, -0.25) is 0 Å². The Morgan fingerprint density at radius 2 is 0.682 bits per heavy atom. The lowest BCUT2D eigenvalue weighted by atomic mass is 9.67. The largest absolute Gasteiger partial charge is 0.457 e. The van der Waals surface area contributed by atoms with Crippen molar-refractivity contribution in [3.63, 3.8) is 0 Å². The Hall–Kier alpha value is -10.8. The van der Waals surface area contributed by atoms with E-state index in [1.807, 2.05) is 121 Å². The van der Waals surface area contributed by atoms with Gasteiger partial charge in [-0.25, -0.2) is 17.6 Å². The Morgan fingerprint density at radius 1 is 0.330 bits per heavy atom. The number of fused-ring (bicyclic) bond motifs is 9. The molecule has 15 rings (SSSR count). The van der Waals surface area contributed by atoms with E-state index in [4.69, 9.17) is 9.47 Å². The van der Waals surface area contributed by atoms with Crippen LogP contribution in [0.4, 0.5) is 34.6 Å². The van der Waals surface area contributed by atoms with Crippen LogP contribution in [0.25, 0.3) is 45.5 Å². The SMILES string of the molecule is C=Cc1ccc(Oc2ccc(C3(c4cc(F)cc(F)c4)c4ccccc4-c4ccc(N(c5ccc6c(c5)C(c5ccc(Oc7ccc(C=C)cc7)cc5)(c5cc(F)cc(F)c5)c5ccccc5-6)c5cccc6c5C(C)(C)c5ccccc5-6)cc43)cc2)cc1. The zero-order valence-electron chi connectivity index (χ0n) is 48.2. The van der Waals surface area contributed by atoms with E-state index < -0.39 is 39.5 Å². The van der Waals surface area contributed by atoms with Gasteiger partial charge >= 0.3 is 0 Å². The van der Waals surface area contributed by atoms with Gasteiger partial charge in [0.05, 0.1) is 16.5 Å². The van der Waals surface area contributed by atoms with Gasteiger partial charge in [0.1, 0.15) is 46.3 Å². The van der Waals surface area contributed by atoms with E-state index in [2.05, 4.69) is 135 Å². The molecule has 12 aromatic rings. The summed E-state index contributed by atoms with van der Waals surface area (Å²) in [5, 5.41) is 0. The molecule has 0 spiro atoms. The molecule has 0 aromatic heterocycles. The lowest BCUT2D eigenvalue weighted by molar-refractivity contribution is 0.482. The molecule has 0 saturated heterocycles. The monoisotopic (exact) mass is 1150 g/mol. The van der Waals surface area contributed by atoms with Gasteiger partial charge in [0, 0.05) is 28.9 Å². The van der Waals surface area contributed by atoms with Crippen molar-refractivity contribution in [3.8, 4) is 56.4 Å². The van der Waals surface area contributed by atoms with Crippen LogP contribution in [0.1, 0.15) is 80.6 Å². The molecular weight excluding hydrogens is 1090 g/mol. The summed E-state index contributed by atoms with van der Waals surface area (Å²) in [6, 6.07) is 82.5. The first kappa shape index (κ1) is 53.9. The summed E-state index contributed by atoms with van der Waals surface area (Å²) in [7, 11) is 0. The molecule has 424 valence electrons. The standard InChI is InChI=1S/C81H55F4NO2/c1-5-50-22-32-62(33-23-50)87-64-36-26-52(27-37-64)80(54-42-56(82)46-57(83)43-54)73-19-11-8-14-66(73)69-40-30-60(48-75(69)80)86(77-21-13-17-71-68-16-7-10-18-72(68)79(3,4)78(71)77)61-31-41-70-67-15-9-12-20-74(67)81(76(70)49-61,55-44-58(84)47-59(85)45-55)53-28-38-65(39-29-53)88-63-34-24-51(6-2)25-35-63/h5-49H,1-2H2,3-4H3. The normalized spacial score (nSPS) is 16.1. The Kier molecular flexibility index (Phi) is 12.7. The number of anilines is 3. The third-order valence-electron chi connectivity index (χ3n) is 18.2. The van der Waals surface area contributed by atoms with E-state index in [9.17, 15) is 0 Å². The number of hydrogen-bond donors (Lipinski definition) is 0. The molecule has 2 atom stereocenters. The van der Waals surface area contributed by atoms with Gasteiger partial charge in [0.2, 0.25) is 0 Å². The van der Waals surface area contributed by atoms with Gasteiger partial charge in [0.15, 0.2) is 0 Å². The second-order valence-electron chi connectivity index (χ2n) is 23.4. The first-order valence-corrected chi connectivity index (χ1v) is 29.3. The minimum absolute atomic E-state index is 0.412. The average Bonchev–Trinajstić information content (AvgIpc) is 1.60. The van der Waals surface area contributed by atoms with Crippen LogP contribution in [0, 0.1) is 23.3 Å². The first-order chi connectivity index (χ1) is 42.9. The maximum Gasteiger partial charge on any atom is 0.127 e. The van der Waals surface area contributed by atoms with Gasteiger partial charge < -0.3 is 14.4 Å². The fourth-order valence-electron chi connectivity index (χ4n) is 14.5. The number of ether oxygens (including phenoxy) is 2. The average molecular weight is 1150 g/mol. The summed E-state index contributed by atoms with van der Waals surface area (Å²) in [4.78, 5) is 2.29. The quantitative estimate of drug-likeness (QED) is 0.107. The molecule has 2 unspecified atom stereocenters. The Labute approximate surface area is 509 Å². The predicted molar refractivity (Wildman–Crippen MR) is 346 cm³/mol. The molecule has 0 amide bonds. The highest BCUT2D eigenvalue weighted by molar-refractivity contribution is 5.95. The Morgan fingerprint density at radius 3 is 1.09 bits per heavy atom. The van der Waals surface area contributed by atoms with Gasteiger partial charge in [0.25, 0.3) is 0 Å². The molecule has 12 aromatic carbocycles. The van der Waals surface area contributed by atoms with Gasteiger partial charge in [-0.1, -0.05) is 185 Å². The lowest BCUT2D eigenvalue weighted by Gasteiger charge is -2.37. The minimum Gasteiger partial charge on any atom is -0.457 e. The maximum atomic E-state index is 16.2. The van der Waals surface area contributed by atoms with Crippen molar-refractivity contribution in [2.75, 3.05) is 4.90 Å². The fraction of sp³-hybridized carbons (Fsp3) is 0.0617. The van der Waals surface area contributed by atoms with Crippen LogP contribution in [-0.2, 0) is 16.2 Å². The van der Waals surface area contributed by atoms with Crippen LogP contribution in [0.3, 0.4) is 0 Å². The van der Waals surface area contributed by atoms with E-state index in [0.717, 1.165) is 113 Å². The molecule has 0 radical (unpaired) electrons. The molecule has 0 fully saturated rings. The van der Waals surface area contributed by atoms with Crippen molar-refractivity contribution < 1.29 is 27.0 Å². The molecule has 3 aliphatic rings. The smallest absolute Gasteiger partial charge is 0.127 e. The van der Waals surface area contributed by atoms with E-state index in [-0.39, 0.29) is 0 Å². The van der Waals surface area contributed by atoms with Crippen molar-refractivity contribution in [1.29, 1.82) is 0 Å². The Bertz CT molecular complexity index is 4510. The van der Waals surface area contributed by atoms with Crippen molar-refractivity contribution >= 4 is 29.2 Å². The Balaban J connectivity index is 0.978. The summed E-state index contributed by atoms with van der Waals surface area (Å²) in [6.07, 6.45) is 3.55. The van der Waals surface area contributed by atoms with E-state index in [1.54, 1.807) is 12.2 Å². The molecule has 0 heterocycles. The highest BCUT2D eigenvalue weighted by atomic mass is 19.1. The summed E-state index contributed by atoms with van der Waals surface area (Å²) in [5.74, 6) is -0.367. The number of nitrogens with zero attached hydrogens (tertiary/aromatic N) is 1. The summed E-state index contributed by atoms with van der Waals surface area (Å²) in [5.41, 5.74) is 15.2. The summed E-state index contributed by atoms with van der Waals surface area (Å²) < 4.78 is 77.6. The maximum absolute atomic E-state index is 16.2. The molecule has 3 aliphatic carbocycles. The number of benzene rings is 12. The van der Waals surface area contributed by atoms with Crippen LogP contribution < -0.4 is 14.4 Å². The third-order valence-corrected chi connectivity index (χ3v) is 18.2. The first-order valence-electron chi connectivity index (χ1n) is 29.3. The summed E-state index contributed by atoms with van der Waals surface area (Å²) >= 11 is 0. The molecule has 0 aliphatic heterocycles. The molecule has 0 saturated carbocycles. The fourth-order valence-corrected chi connectivity index (χ4v) is 14.5. The molecule has 0 N–H and O–H groups in total. The molecular formula is C81H55F4NO2. The van der Waals surface area contributed by atoms with Crippen LogP contribution in [-0.4, -0.2) is 0 Å². The molecule has 3 nitrogen and oxygen atoms in total. The predicted octanol–water partition coefficient (Wildman–Crippen LogP) is 21.6. The second kappa shape index (κ2) is 20.7. The van der Waals surface area contributed by atoms with Gasteiger partial charge in [-0.15, -0.1) is 0 Å². The van der Waals surface area contributed by atoms with Crippen LogP contribution in [0.15, 0.2) is 274 Å². The van der Waals surface area contributed by atoms with Crippen molar-refractivity contribution in [2.24, 2.45) is 0 Å². The van der Waals surface area contributed by atoms with E-state index in [1.165, 1.54) is 29.8 Å². The number of rotatable bonds is 13. The topological polar surface area (TPSA) is 21.7 Å². The van der Waals surface area contributed by atoms with Crippen LogP contribution in [0.2, 0.25) is 0 Å². The third kappa shape index (κ3) is 8.40. The lowest BCUT2D eigenvalue weighted by Crippen LogP contribution is -2.30. The van der Waals surface area contributed by atoms with Crippen LogP contribution >= 0.6 is 0 Å². The molecule has 88 heavy (non-hydrogen) atoms. The van der Waals surface area contributed by atoms with Gasteiger partial charge in [-0.05, 0) is 203 Å². The highest BCUT2D eigenvalue weighted by Gasteiger charge is 2.50. The summed E-state index contributed by atoms with van der Waals surface area (Å²) in [6.45, 7) is 12.3. The van der Waals surface area contributed by atoms with Crippen molar-refractivity contribution in [1.82, 2.24) is 0 Å². The second-order valence-corrected chi connectivity index (χ2v) is 23.4. The van der Waals surface area contributed by atoms with Crippen molar-refractivity contribution in [3.05, 3.63) is 364 Å². The van der Waals surface area contributed by atoms with E-state index in [0.29, 0.717) is 34.1 Å². The van der Waals surface area contributed by atoms with E-state index >= 15 is 17.6 Å². The molecule has 0 bridgehead atoms. The van der Waals surface area contributed by atoms with Crippen molar-refractivity contribution in [2.45, 2.75) is 30.1 Å². The number of hydrogen-bond acceptors (Lipinski definition) is 3. The minimum atomic E-state index is -1.27. The molecule has 7 heteroatoms. The number of halogens is 4.